The first kappa shape index (κ1) is 15.5. The molecule has 0 saturated heterocycles. The molecule has 0 radical (unpaired) electrons. The third-order valence-corrected chi connectivity index (χ3v) is 2.47. The highest BCUT2D eigenvalue weighted by molar-refractivity contribution is 5.89. The first-order valence-corrected chi connectivity index (χ1v) is 6.15. The molecule has 0 fully saturated rings. The van der Waals surface area contributed by atoms with E-state index in [1.54, 1.807) is 50.4 Å². The molecular formula is C15H17NO4. The van der Waals surface area contributed by atoms with Gasteiger partial charge in [-0.25, -0.2) is 9.59 Å². The second-order valence-corrected chi connectivity index (χ2v) is 3.92. The van der Waals surface area contributed by atoms with Crippen LogP contribution in [0.25, 0.3) is 0 Å². The smallest absolute Gasteiger partial charge is 0.354 e. The van der Waals surface area contributed by atoms with Crippen molar-refractivity contribution in [3.05, 3.63) is 59.4 Å². The lowest BCUT2D eigenvalue weighted by molar-refractivity contribution is 0.0519. The Kier molecular flexibility index (Phi) is 6.03. The Balaban J connectivity index is 0.000000200. The lowest BCUT2D eigenvalue weighted by Gasteiger charge is -1.96. The van der Waals surface area contributed by atoms with Gasteiger partial charge in [-0.2, -0.15) is 0 Å². The van der Waals surface area contributed by atoms with E-state index in [0.29, 0.717) is 17.9 Å². The van der Waals surface area contributed by atoms with Crippen LogP contribution < -0.4 is 0 Å². The number of carbonyl (C=O) groups excluding carboxylic acids is 1. The number of aryl methyl sites for hydroxylation is 1. The van der Waals surface area contributed by atoms with E-state index in [9.17, 15) is 9.59 Å². The predicted molar refractivity (Wildman–Crippen MR) is 74.9 cm³/mol. The first-order valence-electron chi connectivity index (χ1n) is 6.15. The van der Waals surface area contributed by atoms with E-state index < -0.39 is 5.97 Å². The molecule has 0 aliphatic carbocycles. The van der Waals surface area contributed by atoms with Gasteiger partial charge in [-0.3, -0.25) is 0 Å². The highest BCUT2D eigenvalue weighted by atomic mass is 16.5. The summed E-state index contributed by atoms with van der Waals surface area (Å²) in [4.78, 5) is 24.0. The Hall–Kier alpha value is -2.56. The van der Waals surface area contributed by atoms with Crippen molar-refractivity contribution in [1.29, 1.82) is 0 Å². The minimum absolute atomic E-state index is 0.299. The second-order valence-electron chi connectivity index (χ2n) is 3.92. The van der Waals surface area contributed by atoms with E-state index in [-0.39, 0.29) is 5.97 Å². The molecule has 2 N–H and O–H groups in total. The van der Waals surface area contributed by atoms with Crippen molar-refractivity contribution >= 4 is 11.9 Å². The Morgan fingerprint density at radius 2 is 1.90 bits per heavy atom. The van der Waals surface area contributed by atoms with E-state index in [0.717, 1.165) is 5.56 Å². The van der Waals surface area contributed by atoms with Crippen LogP contribution in [0, 0.1) is 6.92 Å². The highest BCUT2D eigenvalue weighted by Crippen LogP contribution is 2.05. The lowest BCUT2D eigenvalue weighted by atomic mass is 10.1. The summed E-state index contributed by atoms with van der Waals surface area (Å²) in [6, 6.07) is 10.4. The van der Waals surface area contributed by atoms with Gasteiger partial charge in [0.15, 0.2) is 0 Å². The number of ether oxygens (including phenoxy) is 1. The number of carboxylic acids is 1. The van der Waals surface area contributed by atoms with Gasteiger partial charge in [0.1, 0.15) is 5.69 Å². The molecular weight excluding hydrogens is 258 g/mol. The molecule has 0 aliphatic rings. The number of rotatable bonds is 3. The summed E-state index contributed by atoms with van der Waals surface area (Å²) in [5, 5.41) is 8.57. The van der Waals surface area contributed by atoms with Crippen molar-refractivity contribution in [1.82, 2.24) is 4.98 Å². The molecule has 106 valence electrons. The fourth-order valence-electron chi connectivity index (χ4n) is 1.48. The number of H-pyrrole nitrogens is 1. The molecule has 0 spiro atoms. The van der Waals surface area contributed by atoms with Crippen LogP contribution in [-0.4, -0.2) is 28.6 Å². The average Bonchev–Trinajstić information content (AvgIpc) is 2.94. The Bertz CT molecular complexity index is 561. The van der Waals surface area contributed by atoms with E-state index in [1.807, 2.05) is 6.07 Å². The quantitative estimate of drug-likeness (QED) is 0.844. The van der Waals surface area contributed by atoms with Crippen LogP contribution in [-0.2, 0) is 4.74 Å². The predicted octanol–water partition coefficient (Wildman–Crippen LogP) is 2.88. The molecule has 1 aromatic heterocycles. The molecule has 1 heterocycles. The number of hydrogen-bond donors (Lipinski definition) is 2. The average molecular weight is 275 g/mol. The van der Waals surface area contributed by atoms with E-state index >= 15 is 0 Å². The van der Waals surface area contributed by atoms with Crippen molar-refractivity contribution in [3.63, 3.8) is 0 Å². The molecule has 5 heteroatoms. The zero-order valence-corrected chi connectivity index (χ0v) is 11.4. The number of aromatic nitrogens is 1. The maximum Gasteiger partial charge on any atom is 0.354 e. The summed E-state index contributed by atoms with van der Waals surface area (Å²) in [5.41, 5.74) is 1.68. The highest BCUT2D eigenvalue weighted by Gasteiger charge is 2.04. The van der Waals surface area contributed by atoms with E-state index in [2.05, 4.69) is 4.98 Å². The van der Waals surface area contributed by atoms with Crippen LogP contribution in [0.2, 0.25) is 0 Å². The first-order chi connectivity index (χ1) is 9.56. The Labute approximate surface area is 117 Å². The second kappa shape index (κ2) is 7.78. The van der Waals surface area contributed by atoms with Gasteiger partial charge in [-0.1, -0.05) is 18.2 Å². The van der Waals surface area contributed by atoms with Gasteiger partial charge in [0.25, 0.3) is 0 Å². The number of hydrogen-bond acceptors (Lipinski definition) is 3. The number of carbonyl (C=O) groups is 2. The van der Waals surface area contributed by atoms with Crippen molar-refractivity contribution in [2.75, 3.05) is 6.61 Å². The van der Waals surface area contributed by atoms with E-state index in [4.69, 9.17) is 9.84 Å². The topological polar surface area (TPSA) is 79.4 Å². The molecule has 5 nitrogen and oxygen atoms in total. The van der Waals surface area contributed by atoms with Crippen LogP contribution in [0.5, 0.6) is 0 Å². The van der Waals surface area contributed by atoms with Crippen molar-refractivity contribution in [2.45, 2.75) is 13.8 Å². The van der Waals surface area contributed by atoms with Gasteiger partial charge in [0.05, 0.1) is 12.2 Å². The zero-order valence-electron chi connectivity index (χ0n) is 11.4. The number of nitrogens with one attached hydrogen (secondary N) is 1. The Morgan fingerprint density at radius 3 is 2.35 bits per heavy atom. The van der Waals surface area contributed by atoms with Crippen LogP contribution in [0.4, 0.5) is 0 Å². The number of esters is 1. The summed E-state index contributed by atoms with van der Waals surface area (Å²) in [6.45, 7) is 3.97. The molecule has 0 saturated carbocycles. The summed E-state index contributed by atoms with van der Waals surface area (Å²) in [7, 11) is 0. The molecule has 0 unspecified atom stereocenters. The largest absolute Gasteiger partial charge is 0.478 e. The third-order valence-electron chi connectivity index (χ3n) is 2.47. The number of aromatic amines is 1. The maximum atomic E-state index is 10.9. The molecule has 0 bridgehead atoms. The van der Waals surface area contributed by atoms with Crippen molar-refractivity contribution in [3.8, 4) is 0 Å². The van der Waals surface area contributed by atoms with Crippen molar-refractivity contribution in [2.24, 2.45) is 0 Å². The molecule has 2 aromatic rings. The molecule has 20 heavy (non-hydrogen) atoms. The van der Waals surface area contributed by atoms with Crippen LogP contribution in [0.1, 0.15) is 33.3 Å². The van der Waals surface area contributed by atoms with Crippen LogP contribution in [0.3, 0.4) is 0 Å². The Morgan fingerprint density at radius 1 is 1.20 bits per heavy atom. The SMILES string of the molecule is CCOC(=O)c1ccc[nH]1.Cc1ccccc1C(=O)O. The summed E-state index contributed by atoms with van der Waals surface area (Å²) < 4.78 is 4.72. The minimum atomic E-state index is -0.863. The number of benzene rings is 1. The van der Waals surface area contributed by atoms with Gasteiger partial charge in [-0.05, 0) is 37.6 Å². The zero-order chi connectivity index (χ0) is 15.0. The van der Waals surface area contributed by atoms with Gasteiger partial charge >= 0.3 is 11.9 Å². The summed E-state index contributed by atoms with van der Waals surface area (Å²) in [5.74, 6) is -1.16. The molecule has 0 aliphatic heterocycles. The van der Waals surface area contributed by atoms with E-state index in [1.165, 1.54) is 0 Å². The standard InChI is InChI=1S/C8H8O2.C7H9NO2/c1-6-4-2-3-5-7(6)8(9)10;1-2-10-7(9)6-4-3-5-8-6/h2-5H,1H3,(H,9,10);3-5,8H,2H2,1H3. The van der Waals surface area contributed by atoms with Crippen LogP contribution in [0.15, 0.2) is 42.6 Å². The fraction of sp³-hybridized carbons (Fsp3) is 0.200. The number of carboxylic acid groups (broad SMARTS) is 1. The molecule has 0 amide bonds. The van der Waals surface area contributed by atoms with Crippen molar-refractivity contribution < 1.29 is 19.4 Å². The summed E-state index contributed by atoms with van der Waals surface area (Å²) >= 11 is 0. The maximum absolute atomic E-state index is 10.9. The minimum Gasteiger partial charge on any atom is -0.478 e. The number of aromatic carboxylic acids is 1. The third kappa shape index (κ3) is 4.61. The van der Waals surface area contributed by atoms with Gasteiger partial charge in [0.2, 0.25) is 0 Å². The summed E-state index contributed by atoms with van der Waals surface area (Å²) in [6.07, 6.45) is 1.69. The molecule has 0 atom stereocenters. The van der Waals surface area contributed by atoms with Gasteiger partial charge in [0, 0.05) is 6.20 Å². The normalized spacial score (nSPS) is 9.30. The molecule has 1 aromatic carbocycles. The van der Waals surface area contributed by atoms with Gasteiger partial charge < -0.3 is 14.8 Å². The van der Waals surface area contributed by atoms with Gasteiger partial charge in [-0.15, -0.1) is 0 Å². The lowest BCUT2D eigenvalue weighted by Crippen LogP contribution is -2.04. The molecule has 2 rings (SSSR count). The fourth-order valence-corrected chi connectivity index (χ4v) is 1.48. The van der Waals surface area contributed by atoms with Crippen LogP contribution >= 0.6 is 0 Å². The monoisotopic (exact) mass is 275 g/mol.